The Hall–Kier alpha value is -2.16. The zero-order chi connectivity index (χ0) is 14.4. The van der Waals surface area contributed by atoms with Gasteiger partial charge in [0.15, 0.2) is 0 Å². The van der Waals surface area contributed by atoms with E-state index in [1.54, 1.807) is 12.1 Å². The molecule has 0 aliphatic rings. The molecule has 2 N–H and O–H groups in total. The van der Waals surface area contributed by atoms with Crippen molar-refractivity contribution in [2.24, 2.45) is 0 Å². The van der Waals surface area contributed by atoms with Crippen molar-refractivity contribution in [3.05, 3.63) is 54.1 Å². The summed E-state index contributed by atoms with van der Waals surface area (Å²) >= 11 is 0. The van der Waals surface area contributed by atoms with Gasteiger partial charge in [0.25, 0.3) is 0 Å². The summed E-state index contributed by atoms with van der Waals surface area (Å²) in [5.41, 5.74) is 0.946. The van der Waals surface area contributed by atoms with Gasteiger partial charge in [-0.05, 0) is 48.6 Å². The van der Waals surface area contributed by atoms with Crippen LogP contribution in [0, 0.1) is 0 Å². The van der Waals surface area contributed by atoms with Gasteiger partial charge in [0, 0.05) is 6.07 Å². The smallest absolute Gasteiger partial charge is 0.119 e. The molecule has 0 heterocycles. The summed E-state index contributed by atoms with van der Waals surface area (Å²) in [5, 5.41) is 19.0. The summed E-state index contributed by atoms with van der Waals surface area (Å²) in [7, 11) is 0. The molecule has 0 aliphatic carbocycles. The summed E-state index contributed by atoms with van der Waals surface area (Å²) in [5.74, 6) is 1.36. The molecule has 0 amide bonds. The van der Waals surface area contributed by atoms with Crippen LogP contribution >= 0.6 is 0 Å². The van der Waals surface area contributed by atoms with E-state index in [4.69, 9.17) is 4.74 Å². The molecular weight excluding hydrogens is 252 g/mol. The third-order valence-electron chi connectivity index (χ3n) is 3.29. The number of hydrogen-bond acceptors (Lipinski definition) is 3. The molecule has 20 heavy (non-hydrogen) atoms. The zero-order valence-electron chi connectivity index (χ0n) is 11.6. The van der Waals surface area contributed by atoms with Crippen molar-refractivity contribution in [2.75, 3.05) is 6.61 Å². The number of rotatable bonds is 6. The number of ether oxygens (including phenoxy) is 1. The first-order valence-corrected chi connectivity index (χ1v) is 6.86. The Morgan fingerprint density at radius 2 is 1.65 bits per heavy atom. The molecule has 106 valence electrons. The predicted molar refractivity (Wildman–Crippen MR) is 79.4 cm³/mol. The molecule has 1 unspecified atom stereocenters. The van der Waals surface area contributed by atoms with Crippen molar-refractivity contribution in [1.29, 1.82) is 0 Å². The van der Waals surface area contributed by atoms with E-state index in [1.807, 2.05) is 30.3 Å². The number of hydrogen-bond donors (Lipinski definition) is 2. The van der Waals surface area contributed by atoms with Crippen LogP contribution in [-0.2, 0) is 0 Å². The largest absolute Gasteiger partial charge is 0.508 e. The number of phenols is 2. The second-order valence-corrected chi connectivity index (χ2v) is 4.99. The van der Waals surface area contributed by atoms with E-state index >= 15 is 0 Å². The molecule has 3 heteroatoms. The van der Waals surface area contributed by atoms with E-state index in [0.717, 1.165) is 24.2 Å². The molecule has 0 fully saturated rings. The van der Waals surface area contributed by atoms with Gasteiger partial charge >= 0.3 is 0 Å². The normalized spacial score (nSPS) is 12.1. The van der Waals surface area contributed by atoms with Crippen LogP contribution in [0.3, 0.4) is 0 Å². The van der Waals surface area contributed by atoms with Crippen LogP contribution < -0.4 is 4.74 Å². The summed E-state index contributed by atoms with van der Waals surface area (Å²) < 4.78 is 5.64. The van der Waals surface area contributed by atoms with E-state index in [0.29, 0.717) is 6.61 Å². The number of aromatic hydroxyl groups is 2. The van der Waals surface area contributed by atoms with E-state index in [2.05, 4.69) is 6.92 Å². The van der Waals surface area contributed by atoms with Gasteiger partial charge in [-0.3, -0.25) is 0 Å². The minimum absolute atomic E-state index is 0.104. The third kappa shape index (κ3) is 4.19. The Kier molecular flexibility index (Phi) is 4.88. The van der Waals surface area contributed by atoms with E-state index in [9.17, 15) is 10.2 Å². The lowest BCUT2D eigenvalue weighted by molar-refractivity contribution is 0.302. The quantitative estimate of drug-likeness (QED) is 0.780. The van der Waals surface area contributed by atoms with Crippen molar-refractivity contribution in [1.82, 2.24) is 0 Å². The fourth-order valence-electron chi connectivity index (χ4n) is 2.17. The fraction of sp³-hybridized carbons (Fsp3) is 0.294. The lowest BCUT2D eigenvalue weighted by atomic mass is 9.96. The monoisotopic (exact) mass is 272 g/mol. The predicted octanol–water partition coefficient (Wildman–Crippen LogP) is 4.06. The SMILES string of the molecule is CC(CCCOc1ccccc1)c1cc(O)cc(O)c1. The molecule has 0 saturated carbocycles. The van der Waals surface area contributed by atoms with Crippen LogP contribution in [-0.4, -0.2) is 16.8 Å². The molecule has 0 saturated heterocycles. The van der Waals surface area contributed by atoms with Crippen LogP contribution in [0.2, 0.25) is 0 Å². The average Bonchev–Trinajstić information content (AvgIpc) is 2.43. The van der Waals surface area contributed by atoms with Crippen molar-refractivity contribution >= 4 is 0 Å². The summed E-state index contributed by atoms with van der Waals surface area (Å²) in [6.45, 7) is 2.75. The van der Waals surface area contributed by atoms with E-state index in [1.165, 1.54) is 6.07 Å². The Morgan fingerprint density at radius 3 is 2.30 bits per heavy atom. The van der Waals surface area contributed by atoms with Crippen LogP contribution in [0.25, 0.3) is 0 Å². The highest BCUT2D eigenvalue weighted by Crippen LogP contribution is 2.28. The second-order valence-electron chi connectivity index (χ2n) is 4.99. The highest BCUT2D eigenvalue weighted by atomic mass is 16.5. The van der Waals surface area contributed by atoms with Crippen molar-refractivity contribution in [3.8, 4) is 17.2 Å². The van der Waals surface area contributed by atoms with Crippen molar-refractivity contribution in [2.45, 2.75) is 25.7 Å². The maximum atomic E-state index is 9.48. The average molecular weight is 272 g/mol. The standard InChI is InChI=1S/C17H20O3/c1-13(14-10-15(18)12-16(19)11-14)6-5-9-20-17-7-3-2-4-8-17/h2-4,7-8,10-13,18-19H,5-6,9H2,1H3. The van der Waals surface area contributed by atoms with Crippen LogP contribution in [0.4, 0.5) is 0 Å². The molecule has 0 radical (unpaired) electrons. The van der Waals surface area contributed by atoms with Gasteiger partial charge < -0.3 is 14.9 Å². The fourth-order valence-corrected chi connectivity index (χ4v) is 2.17. The summed E-state index contributed by atoms with van der Waals surface area (Å²) in [6.07, 6.45) is 1.86. The molecule has 0 bridgehead atoms. The van der Waals surface area contributed by atoms with Gasteiger partial charge in [-0.2, -0.15) is 0 Å². The molecule has 0 aliphatic heterocycles. The van der Waals surface area contributed by atoms with Gasteiger partial charge in [-0.1, -0.05) is 25.1 Å². The van der Waals surface area contributed by atoms with Gasteiger partial charge in [-0.25, -0.2) is 0 Å². The van der Waals surface area contributed by atoms with Crippen LogP contribution in [0.1, 0.15) is 31.2 Å². The Bertz CT molecular complexity index is 517. The second kappa shape index (κ2) is 6.85. The minimum atomic E-state index is 0.104. The molecule has 1 atom stereocenters. The summed E-state index contributed by atoms with van der Waals surface area (Å²) in [6, 6.07) is 14.5. The molecular formula is C17H20O3. The minimum Gasteiger partial charge on any atom is -0.508 e. The lowest BCUT2D eigenvalue weighted by Gasteiger charge is -2.13. The highest BCUT2D eigenvalue weighted by Gasteiger charge is 2.08. The third-order valence-corrected chi connectivity index (χ3v) is 3.29. The van der Waals surface area contributed by atoms with Crippen molar-refractivity contribution in [3.63, 3.8) is 0 Å². The highest BCUT2D eigenvalue weighted by molar-refractivity contribution is 5.38. The molecule has 2 aromatic carbocycles. The molecule has 0 aromatic heterocycles. The molecule has 0 spiro atoms. The lowest BCUT2D eigenvalue weighted by Crippen LogP contribution is -2.01. The summed E-state index contributed by atoms with van der Waals surface area (Å²) in [4.78, 5) is 0. The van der Waals surface area contributed by atoms with Gasteiger partial charge in [0.05, 0.1) is 6.61 Å². The zero-order valence-corrected chi connectivity index (χ0v) is 11.6. The Balaban J connectivity index is 1.79. The van der Waals surface area contributed by atoms with Crippen LogP contribution in [0.15, 0.2) is 48.5 Å². The Morgan fingerprint density at radius 1 is 1.00 bits per heavy atom. The maximum Gasteiger partial charge on any atom is 0.119 e. The number of phenolic OH excluding ortho intramolecular Hbond substituents is 2. The first-order valence-electron chi connectivity index (χ1n) is 6.86. The number of para-hydroxylation sites is 1. The van der Waals surface area contributed by atoms with Gasteiger partial charge in [0.2, 0.25) is 0 Å². The van der Waals surface area contributed by atoms with E-state index in [-0.39, 0.29) is 17.4 Å². The molecule has 2 rings (SSSR count). The Labute approximate surface area is 119 Å². The van der Waals surface area contributed by atoms with Crippen LogP contribution in [0.5, 0.6) is 17.2 Å². The van der Waals surface area contributed by atoms with Gasteiger partial charge in [0.1, 0.15) is 17.2 Å². The van der Waals surface area contributed by atoms with Gasteiger partial charge in [-0.15, -0.1) is 0 Å². The van der Waals surface area contributed by atoms with Crippen molar-refractivity contribution < 1.29 is 14.9 Å². The topological polar surface area (TPSA) is 49.7 Å². The maximum absolute atomic E-state index is 9.48. The first kappa shape index (κ1) is 14.3. The first-order chi connectivity index (χ1) is 9.65. The molecule has 2 aromatic rings. The number of benzene rings is 2. The van der Waals surface area contributed by atoms with E-state index < -0.39 is 0 Å². The molecule has 3 nitrogen and oxygen atoms in total.